The molecule has 0 aliphatic rings. The molecule has 11 heteroatoms. The van der Waals surface area contributed by atoms with Crippen molar-refractivity contribution in [3.05, 3.63) is 90.1 Å². The van der Waals surface area contributed by atoms with Crippen LogP contribution in [0.3, 0.4) is 0 Å². The van der Waals surface area contributed by atoms with E-state index in [4.69, 9.17) is 0 Å². The first-order valence-corrected chi connectivity index (χ1v) is 12.8. The van der Waals surface area contributed by atoms with Crippen molar-refractivity contribution in [3.63, 3.8) is 0 Å². The lowest BCUT2D eigenvalue weighted by Crippen LogP contribution is -2.18. The Hall–Kier alpha value is -3.70. The molecule has 9 nitrogen and oxygen atoms in total. The topological polar surface area (TPSA) is 123 Å². The summed E-state index contributed by atoms with van der Waals surface area (Å²) in [7, 11) is -8.07. The van der Waals surface area contributed by atoms with E-state index in [1.807, 2.05) is 13.0 Å². The predicted octanol–water partition coefficient (Wildman–Crippen LogP) is 3.49. The van der Waals surface area contributed by atoms with Crippen LogP contribution in [0.15, 0.2) is 88.9 Å². The van der Waals surface area contributed by atoms with Gasteiger partial charge >= 0.3 is 0 Å². The molecule has 0 amide bonds. The SMILES string of the molecule is Cc1cccc(NS(=O)(=O)c2cc(NS(=O)(=O)c3cnnn3-c3ccccc3)ccc2C)c1. The lowest BCUT2D eigenvalue weighted by molar-refractivity contribution is 0.590. The van der Waals surface area contributed by atoms with Crippen molar-refractivity contribution in [2.45, 2.75) is 23.8 Å². The first-order valence-electron chi connectivity index (χ1n) is 9.85. The minimum absolute atomic E-state index is 0.0427. The molecule has 33 heavy (non-hydrogen) atoms. The molecule has 170 valence electrons. The molecule has 2 N–H and O–H groups in total. The highest BCUT2D eigenvalue weighted by Crippen LogP contribution is 2.25. The van der Waals surface area contributed by atoms with Gasteiger partial charge in [0.05, 0.1) is 22.5 Å². The lowest BCUT2D eigenvalue weighted by atomic mass is 10.2. The maximum atomic E-state index is 13.1. The first-order chi connectivity index (χ1) is 15.7. The number of benzene rings is 3. The average molecular weight is 484 g/mol. The van der Waals surface area contributed by atoms with Crippen LogP contribution >= 0.6 is 0 Å². The third-order valence-corrected chi connectivity index (χ3v) is 7.65. The lowest BCUT2D eigenvalue weighted by Gasteiger charge is -2.14. The number of aryl methyl sites for hydroxylation is 2. The Morgan fingerprint density at radius 1 is 0.758 bits per heavy atom. The third-order valence-electron chi connectivity index (χ3n) is 4.79. The number of nitrogens with zero attached hydrogens (tertiary/aromatic N) is 3. The highest BCUT2D eigenvalue weighted by atomic mass is 32.2. The van der Waals surface area contributed by atoms with Crippen LogP contribution in [0.2, 0.25) is 0 Å². The molecule has 4 rings (SSSR count). The van der Waals surface area contributed by atoms with Crippen LogP contribution in [0, 0.1) is 13.8 Å². The molecular formula is C22H21N5O4S2. The largest absolute Gasteiger partial charge is 0.281 e. The second kappa shape index (κ2) is 8.68. The fraction of sp³-hybridized carbons (Fsp3) is 0.0909. The summed E-state index contributed by atoms with van der Waals surface area (Å²) in [5.41, 5.74) is 2.39. The fourth-order valence-corrected chi connectivity index (χ4v) is 5.65. The summed E-state index contributed by atoms with van der Waals surface area (Å²) in [6, 6.07) is 19.9. The van der Waals surface area contributed by atoms with E-state index in [0.717, 1.165) is 11.8 Å². The molecular weight excluding hydrogens is 462 g/mol. The van der Waals surface area contributed by atoms with Gasteiger partial charge in [-0.2, -0.15) is 13.1 Å². The standard InChI is InChI=1S/C22H21N5O4S2/c1-16-7-6-8-18(13-16)24-32(28,29)21-14-19(12-11-17(21)2)25-33(30,31)22-15-23-26-27(22)20-9-4-3-5-10-20/h3-15,24-25H,1-2H3. The Bertz CT molecular complexity index is 1520. The van der Waals surface area contributed by atoms with Crippen molar-refractivity contribution < 1.29 is 16.8 Å². The van der Waals surface area contributed by atoms with Crippen LogP contribution in [-0.4, -0.2) is 31.8 Å². The van der Waals surface area contributed by atoms with E-state index >= 15 is 0 Å². The third kappa shape index (κ3) is 4.89. The van der Waals surface area contributed by atoms with Crippen molar-refractivity contribution >= 4 is 31.4 Å². The quantitative estimate of drug-likeness (QED) is 0.415. The molecule has 0 saturated heterocycles. The smallest absolute Gasteiger partial charge is 0.280 e. The molecule has 0 aliphatic carbocycles. The fourth-order valence-electron chi connectivity index (χ4n) is 3.24. The van der Waals surface area contributed by atoms with Crippen molar-refractivity contribution in [1.29, 1.82) is 0 Å². The van der Waals surface area contributed by atoms with Crippen LogP contribution in [0.5, 0.6) is 0 Å². The van der Waals surface area contributed by atoms with Gasteiger partial charge < -0.3 is 0 Å². The average Bonchev–Trinajstić information content (AvgIpc) is 3.26. The summed E-state index contributed by atoms with van der Waals surface area (Å²) in [5, 5.41) is 7.40. The number of anilines is 2. The van der Waals surface area contributed by atoms with Crippen LogP contribution < -0.4 is 9.44 Å². The zero-order valence-corrected chi connectivity index (χ0v) is 19.4. The summed E-state index contributed by atoms with van der Waals surface area (Å²) < 4.78 is 58.3. The molecule has 0 radical (unpaired) electrons. The molecule has 0 bridgehead atoms. The highest BCUT2D eigenvalue weighted by molar-refractivity contribution is 7.93. The monoisotopic (exact) mass is 483 g/mol. The molecule has 0 spiro atoms. The number of hydrogen-bond acceptors (Lipinski definition) is 6. The molecule has 0 fully saturated rings. The van der Waals surface area contributed by atoms with Crippen LogP contribution in [-0.2, 0) is 20.0 Å². The van der Waals surface area contributed by atoms with Crippen LogP contribution in [0.1, 0.15) is 11.1 Å². The Balaban J connectivity index is 1.66. The summed E-state index contributed by atoms with van der Waals surface area (Å²) in [5.74, 6) is 0. The van der Waals surface area contributed by atoms with Gasteiger partial charge in [-0.15, -0.1) is 5.10 Å². The summed E-state index contributed by atoms with van der Waals surface area (Å²) in [4.78, 5) is -0.0427. The van der Waals surface area contributed by atoms with Crippen molar-refractivity contribution in [2.75, 3.05) is 9.44 Å². The molecule has 1 aromatic heterocycles. The molecule has 0 unspecified atom stereocenters. The van der Waals surface area contributed by atoms with E-state index in [1.54, 1.807) is 55.5 Å². The number of para-hydroxylation sites is 1. The molecule has 3 aromatic carbocycles. The zero-order chi connectivity index (χ0) is 23.6. The van der Waals surface area contributed by atoms with Crippen molar-refractivity contribution in [3.8, 4) is 5.69 Å². The maximum Gasteiger partial charge on any atom is 0.281 e. The molecule has 0 atom stereocenters. The van der Waals surface area contributed by atoms with Crippen LogP contribution in [0.4, 0.5) is 11.4 Å². The zero-order valence-electron chi connectivity index (χ0n) is 17.8. The number of hydrogen-bond donors (Lipinski definition) is 2. The Kier molecular flexibility index (Phi) is 5.91. The second-order valence-corrected chi connectivity index (χ2v) is 10.7. The van der Waals surface area contributed by atoms with E-state index in [0.29, 0.717) is 16.9 Å². The minimum atomic E-state index is -4.12. The summed E-state index contributed by atoms with van der Waals surface area (Å²) >= 11 is 0. The second-order valence-electron chi connectivity index (χ2n) is 7.38. The molecule has 4 aromatic rings. The van der Waals surface area contributed by atoms with E-state index in [2.05, 4.69) is 19.8 Å². The normalized spacial score (nSPS) is 11.8. The molecule has 1 heterocycles. The molecule has 0 aliphatic heterocycles. The van der Waals surface area contributed by atoms with Gasteiger partial charge in [-0.3, -0.25) is 9.44 Å². The van der Waals surface area contributed by atoms with E-state index in [1.165, 1.54) is 22.9 Å². The maximum absolute atomic E-state index is 13.1. The predicted molar refractivity (Wildman–Crippen MR) is 125 cm³/mol. The minimum Gasteiger partial charge on any atom is -0.280 e. The van der Waals surface area contributed by atoms with E-state index in [9.17, 15) is 16.8 Å². The van der Waals surface area contributed by atoms with Crippen molar-refractivity contribution in [2.24, 2.45) is 0 Å². The Morgan fingerprint density at radius 3 is 2.18 bits per heavy atom. The summed E-state index contributed by atoms with van der Waals surface area (Å²) in [6.07, 6.45) is 1.13. The van der Waals surface area contributed by atoms with Crippen LogP contribution in [0.25, 0.3) is 5.69 Å². The van der Waals surface area contributed by atoms with Gasteiger partial charge in [-0.25, -0.2) is 8.42 Å². The Morgan fingerprint density at radius 2 is 1.45 bits per heavy atom. The van der Waals surface area contributed by atoms with Gasteiger partial charge in [0.25, 0.3) is 20.0 Å². The Labute approximate surface area is 192 Å². The molecule has 0 saturated carbocycles. The van der Waals surface area contributed by atoms with Gasteiger partial charge in [0, 0.05) is 5.69 Å². The van der Waals surface area contributed by atoms with Gasteiger partial charge in [-0.05, 0) is 61.4 Å². The number of sulfonamides is 2. The van der Waals surface area contributed by atoms with E-state index < -0.39 is 20.0 Å². The first kappa shape index (κ1) is 22.5. The van der Waals surface area contributed by atoms with Gasteiger partial charge in [-0.1, -0.05) is 41.6 Å². The van der Waals surface area contributed by atoms with Crippen molar-refractivity contribution in [1.82, 2.24) is 15.0 Å². The van der Waals surface area contributed by atoms with Gasteiger partial charge in [0.15, 0.2) is 5.03 Å². The summed E-state index contributed by atoms with van der Waals surface area (Å²) in [6.45, 7) is 3.49. The number of rotatable bonds is 7. The highest BCUT2D eigenvalue weighted by Gasteiger charge is 2.24. The van der Waals surface area contributed by atoms with Gasteiger partial charge in [0.1, 0.15) is 0 Å². The number of aromatic nitrogens is 3. The van der Waals surface area contributed by atoms with E-state index in [-0.39, 0.29) is 15.6 Å². The van der Waals surface area contributed by atoms with Gasteiger partial charge in [0.2, 0.25) is 0 Å². The number of nitrogens with one attached hydrogen (secondary N) is 2.